The number of halogens is 4. The van der Waals surface area contributed by atoms with Crippen LogP contribution in [-0.2, 0) is 19.8 Å². The first-order valence-electron chi connectivity index (χ1n) is 12.0. The van der Waals surface area contributed by atoms with Crippen LogP contribution in [0.5, 0.6) is 0 Å². The Bertz CT molecular complexity index is 1190. The summed E-state index contributed by atoms with van der Waals surface area (Å²) in [7, 11) is -3.84. The average Bonchev–Trinajstić information content (AvgIpc) is 3.33. The molecule has 0 aliphatic carbocycles. The number of likely N-dealkylation sites (tertiary alicyclic amines) is 1. The second-order valence-electron chi connectivity index (χ2n) is 9.52. The fourth-order valence-electron chi connectivity index (χ4n) is 5.04. The first kappa shape index (κ1) is 27.3. The van der Waals surface area contributed by atoms with Gasteiger partial charge in [-0.3, -0.25) is 9.59 Å². The van der Waals surface area contributed by atoms with Gasteiger partial charge in [0.25, 0.3) is 16.6 Å². The molecule has 0 unspecified atom stereocenters. The fourth-order valence-corrected chi connectivity index (χ4v) is 6.83. The van der Waals surface area contributed by atoms with Gasteiger partial charge in [-0.1, -0.05) is 0 Å². The van der Waals surface area contributed by atoms with Gasteiger partial charge in [0.15, 0.2) is 0 Å². The van der Waals surface area contributed by atoms with E-state index in [1.54, 1.807) is 0 Å². The zero-order valence-corrected chi connectivity index (χ0v) is 20.6. The van der Waals surface area contributed by atoms with Crippen LogP contribution in [0.3, 0.4) is 0 Å². The number of benzene rings is 1. The predicted molar refractivity (Wildman–Crippen MR) is 122 cm³/mol. The van der Waals surface area contributed by atoms with Crippen molar-refractivity contribution in [3.05, 3.63) is 35.4 Å². The van der Waals surface area contributed by atoms with Crippen LogP contribution in [-0.4, -0.2) is 78.9 Å². The highest BCUT2D eigenvalue weighted by atomic mass is 32.2. The number of hydrogen-bond donors (Lipinski definition) is 1. The summed E-state index contributed by atoms with van der Waals surface area (Å²) < 4.78 is 83.3. The SMILES string of the molecule is N#CC1CN(S(=O)(=O)N2CCC[C@H](C(=O)N3CCC[C@@H]3C(=O)N[C@H](c3cc(F)ccc3F)C(F)F)C2)C1. The number of hydrogen-bond acceptors (Lipinski definition) is 5. The number of nitrogens with one attached hydrogen (secondary N) is 1. The zero-order valence-electron chi connectivity index (χ0n) is 19.8. The van der Waals surface area contributed by atoms with Crippen LogP contribution in [0.25, 0.3) is 0 Å². The summed E-state index contributed by atoms with van der Waals surface area (Å²) >= 11 is 0. The Morgan fingerprint density at radius 1 is 1.05 bits per heavy atom. The molecule has 14 heteroatoms. The molecule has 0 saturated carbocycles. The molecule has 1 aromatic carbocycles. The molecule has 0 bridgehead atoms. The lowest BCUT2D eigenvalue weighted by Gasteiger charge is -2.41. The van der Waals surface area contributed by atoms with Gasteiger partial charge in [-0.2, -0.15) is 22.3 Å². The lowest BCUT2D eigenvalue weighted by Crippen LogP contribution is -2.57. The van der Waals surface area contributed by atoms with Gasteiger partial charge in [-0.25, -0.2) is 17.6 Å². The number of nitrogens with zero attached hydrogens (tertiary/aromatic N) is 4. The van der Waals surface area contributed by atoms with Crippen molar-refractivity contribution in [2.75, 3.05) is 32.7 Å². The van der Waals surface area contributed by atoms with Crippen LogP contribution in [0, 0.1) is 34.8 Å². The van der Waals surface area contributed by atoms with Crippen molar-refractivity contribution in [3.63, 3.8) is 0 Å². The summed E-state index contributed by atoms with van der Waals surface area (Å²) in [4.78, 5) is 27.5. The normalized spacial score (nSPS) is 24.5. The van der Waals surface area contributed by atoms with Gasteiger partial charge in [0.1, 0.15) is 23.7 Å². The maximum Gasteiger partial charge on any atom is 0.282 e. The molecule has 0 aromatic heterocycles. The number of amides is 2. The minimum Gasteiger partial charge on any atom is -0.342 e. The van der Waals surface area contributed by atoms with E-state index in [4.69, 9.17) is 5.26 Å². The fraction of sp³-hybridized carbons (Fsp3) is 0.609. The van der Waals surface area contributed by atoms with Crippen LogP contribution in [0.2, 0.25) is 0 Å². The van der Waals surface area contributed by atoms with Gasteiger partial charge in [-0.15, -0.1) is 0 Å². The van der Waals surface area contributed by atoms with E-state index in [0.29, 0.717) is 31.4 Å². The van der Waals surface area contributed by atoms with E-state index in [-0.39, 0.29) is 45.1 Å². The van der Waals surface area contributed by atoms with Gasteiger partial charge < -0.3 is 10.2 Å². The predicted octanol–water partition coefficient (Wildman–Crippen LogP) is 1.79. The molecule has 3 heterocycles. The Morgan fingerprint density at radius 2 is 1.76 bits per heavy atom. The van der Waals surface area contributed by atoms with Gasteiger partial charge in [0.2, 0.25) is 11.8 Å². The van der Waals surface area contributed by atoms with Crippen molar-refractivity contribution in [2.24, 2.45) is 11.8 Å². The molecule has 3 saturated heterocycles. The third-order valence-electron chi connectivity index (χ3n) is 7.10. The highest BCUT2D eigenvalue weighted by molar-refractivity contribution is 7.86. The average molecular weight is 546 g/mol. The molecule has 1 N–H and O–H groups in total. The molecule has 0 spiro atoms. The summed E-state index contributed by atoms with van der Waals surface area (Å²) in [5, 5.41) is 11.0. The maximum absolute atomic E-state index is 14.1. The third kappa shape index (κ3) is 5.58. The summed E-state index contributed by atoms with van der Waals surface area (Å²) in [6.45, 7) is 0.510. The molecule has 9 nitrogen and oxygen atoms in total. The van der Waals surface area contributed by atoms with Crippen molar-refractivity contribution in [3.8, 4) is 6.07 Å². The van der Waals surface area contributed by atoms with E-state index in [1.807, 2.05) is 6.07 Å². The zero-order chi connectivity index (χ0) is 26.9. The van der Waals surface area contributed by atoms with Gasteiger partial charge in [0.05, 0.1) is 17.9 Å². The van der Waals surface area contributed by atoms with Gasteiger partial charge in [0, 0.05) is 38.3 Å². The van der Waals surface area contributed by atoms with Crippen LogP contribution in [0.1, 0.15) is 37.3 Å². The Balaban J connectivity index is 1.44. The number of nitriles is 1. The van der Waals surface area contributed by atoms with Crippen molar-refractivity contribution >= 4 is 22.0 Å². The van der Waals surface area contributed by atoms with E-state index < -0.39 is 63.6 Å². The molecule has 0 radical (unpaired) electrons. The highest BCUT2D eigenvalue weighted by Gasteiger charge is 2.44. The first-order valence-corrected chi connectivity index (χ1v) is 13.4. The van der Waals surface area contributed by atoms with Crippen LogP contribution < -0.4 is 5.32 Å². The smallest absolute Gasteiger partial charge is 0.282 e. The van der Waals surface area contributed by atoms with Crippen LogP contribution >= 0.6 is 0 Å². The van der Waals surface area contributed by atoms with E-state index >= 15 is 0 Å². The molecule has 2 amide bonds. The van der Waals surface area contributed by atoms with Crippen LogP contribution in [0.15, 0.2) is 18.2 Å². The molecule has 3 atom stereocenters. The summed E-state index contributed by atoms with van der Waals surface area (Å²) in [5.74, 6) is -4.49. The minimum atomic E-state index is -3.84. The molecule has 3 aliphatic heterocycles. The Kier molecular flexibility index (Phi) is 8.05. The number of carbonyl (C=O) groups excluding carboxylic acids is 2. The van der Waals surface area contributed by atoms with E-state index in [9.17, 15) is 35.6 Å². The summed E-state index contributed by atoms with van der Waals surface area (Å²) in [6, 6.07) is 0.879. The molecular formula is C23H27F4N5O4S. The molecule has 37 heavy (non-hydrogen) atoms. The third-order valence-corrected chi connectivity index (χ3v) is 9.03. The Hall–Kier alpha value is -2.76. The number of alkyl halides is 2. The van der Waals surface area contributed by atoms with Gasteiger partial charge in [-0.05, 0) is 43.9 Å². The summed E-state index contributed by atoms with van der Waals surface area (Å²) in [6.07, 6.45) is -1.80. The maximum atomic E-state index is 14.1. The monoisotopic (exact) mass is 545 g/mol. The quantitative estimate of drug-likeness (QED) is 0.525. The largest absolute Gasteiger partial charge is 0.342 e. The summed E-state index contributed by atoms with van der Waals surface area (Å²) in [5.41, 5.74) is -0.697. The number of rotatable bonds is 7. The van der Waals surface area contributed by atoms with Crippen molar-refractivity contribution in [1.29, 1.82) is 5.26 Å². The van der Waals surface area contributed by atoms with E-state index in [0.717, 1.165) is 6.07 Å². The second-order valence-corrected chi connectivity index (χ2v) is 11.5. The van der Waals surface area contributed by atoms with Crippen LogP contribution in [0.4, 0.5) is 17.6 Å². The highest BCUT2D eigenvalue weighted by Crippen LogP contribution is 2.30. The standard InChI is InChI=1S/C23H27F4N5O4S/c24-16-5-6-18(25)17(9-16)20(21(26)27)29-22(33)19-4-2-8-32(19)23(34)15-3-1-7-30(13-15)37(35,36)31-11-14(10-28)12-31/h5-6,9,14-15,19-21H,1-4,7-8,11-13H2,(H,29,33)/t15-,19+,20+/m0/s1. The second kappa shape index (κ2) is 10.9. The lowest BCUT2D eigenvalue weighted by molar-refractivity contribution is -0.143. The molecular weight excluding hydrogens is 518 g/mol. The molecule has 4 rings (SSSR count). The number of piperidine rings is 1. The molecule has 202 valence electrons. The molecule has 3 fully saturated rings. The first-order chi connectivity index (χ1) is 17.5. The van der Waals surface area contributed by atoms with Crippen molar-refractivity contribution in [1.82, 2.24) is 18.8 Å². The number of carbonyl (C=O) groups is 2. The lowest BCUT2D eigenvalue weighted by atomic mass is 9.97. The minimum absolute atomic E-state index is 0.0894. The molecule has 3 aliphatic rings. The van der Waals surface area contributed by atoms with E-state index in [2.05, 4.69) is 5.32 Å². The van der Waals surface area contributed by atoms with Crippen molar-refractivity contribution < 1.29 is 35.6 Å². The van der Waals surface area contributed by atoms with Gasteiger partial charge >= 0.3 is 0 Å². The Morgan fingerprint density at radius 3 is 2.43 bits per heavy atom. The molecule has 1 aromatic rings. The van der Waals surface area contributed by atoms with Crippen molar-refractivity contribution in [2.45, 2.75) is 44.2 Å². The van der Waals surface area contributed by atoms with E-state index in [1.165, 1.54) is 13.5 Å². The Labute approximate surface area is 212 Å². The topological polar surface area (TPSA) is 114 Å².